The summed E-state index contributed by atoms with van der Waals surface area (Å²) in [5, 5.41) is 0. The molecule has 27 heavy (non-hydrogen) atoms. The second-order valence-corrected chi connectivity index (χ2v) is 6.90. The van der Waals surface area contributed by atoms with Gasteiger partial charge in [-0.15, -0.1) is 5.56 Å². The maximum Gasteiger partial charge on any atom is 2.00 e. The van der Waals surface area contributed by atoms with Crippen LogP contribution in [0.1, 0.15) is 42.0 Å². The van der Waals surface area contributed by atoms with Gasteiger partial charge in [-0.1, -0.05) is 74.5 Å². The van der Waals surface area contributed by atoms with Crippen molar-refractivity contribution in [3.05, 3.63) is 107 Å². The van der Waals surface area contributed by atoms with Crippen LogP contribution in [0.4, 0.5) is 0 Å². The van der Waals surface area contributed by atoms with Crippen LogP contribution in [-0.2, 0) is 19.6 Å². The summed E-state index contributed by atoms with van der Waals surface area (Å²) in [6.45, 7) is 7.23. The van der Waals surface area contributed by atoms with Crippen molar-refractivity contribution in [1.82, 2.24) is 4.90 Å². The van der Waals surface area contributed by atoms with E-state index in [0.29, 0.717) is 5.92 Å². The Morgan fingerprint density at radius 2 is 1.22 bits per heavy atom. The quantitative estimate of drug-likeness (QED) is 0.409. The van der Waals surface area contributed by atoms with E-state index < -0.39 is 0 Å². The molecule has 3 rings (SSSR count). The molecule has 0 aliphatic heterocycles. The molecule has 136 valence electrons. The van der Waals surface area contributed by atoms with Crippen LogP contribution < -0.4 is 17.0 Å². The van der Waals surface area contributed by atoms with Gasteiger partial charge >= 0.3 is 23.1 Å². The number of hydrogen-bond acceptors (Lipinski definition) is 1. The molecule has 0 aliphatic carbocycles. The third-order valence-electron chi connectivity index (χ3n) is 4.39. The zero-order chi connectivity index (χ0) is 17.5. The molecule has 0 amide bonds. The summed E-state index contributed by atoms with van der Waals surface area (Å²) < 4.78 is 0. The zero-order valence-corrected chi connectivity index (χ0v) is 19.2. The minimum absolute atomic E-state index is 0. The number of halogens is 1. The van der Waals surface area contributed by atoms with Crippen LogP contribution in [0.5, 0.6) is 0 Å². The van der Waals surface area contributed by atoms with Gasteiger partial charge in [-0.2, -0.15) is 29.8 Å². The fourth-order valence-corrected chi connectivity index (χ4v) is 3.06. The Morgan fingerprint density at radius 1 is 0.704 bits per heavy atom. The van der Waals surface area contributed by atoms with Crippen molar-refractivity contribution in [3.8, 4) is 0 Å². The summed E-state index contributed by atoms with van der Waals surface area (Å²) in [6, 6.07) is 31.5. The largest absolute Gasteiger partial charge is 2.00 e. The van der Waals surface area contributed by atoms with E-state index in [1.807, 2.05) is 0 Å². The average molecular weight is 433 g/mol. The summed E-state index contributed by atoms with van der Waals surface area (Å²) >= 11 is 0. The van der Waals surface area contributed by atoms with Crippen LogP contribution in [0.15, 0.2) is 78.9 Å². The van der Waals surface area contributed by atoms with Crippen molar-refractivity contribution in [3.63, 3.8) is 0 Å². The smallest absolute Gasteiger partial charge is 1.00 e. The third-order valence-corrected chi connectivity index (χ3v) is 4.39. The van der Waals surface area contributed by atoms with Gasteiger partial charge in [0.25, 0.3) is 0 Å². The number of rotatable bonds is 7. The van der Waals surface area contributed by atoms with Crippen molar-refractivity contribution in [1.29, 1.82) is 0 Å². The fourth-order valence-electron chi connectivity index (χ4n) is 3.06. The van der Waals surface area contributed by atoms with Gasteiger partial charge in [0, 0.05) is 19.6 Å². The van der Waals surface area contributed by atoms with Crippen LogP contribution in [-0.4, -0.2) is 28.0 Å². The van der Waals surface area contributed by atoms with E-state index in [1.165, 1.54) is 22.3 Å². The third kappa shape index (κ3) is 7.79. The monoisotopic (exact) mass is 431 g/mol. The zero-order valence-electron chi connectivity index (χ0n) is 16.2. The van der Waals surface area contributed by atoms with Gasteiger partial charge in [-0.25, -0.2) is 0 Å². The SMILES string of the molecule is CC(C)c1[c-]c(CN(Cc2ccccc2)Cc2ccccc2)ccc1.[Br-].[Mg+2]. The normalized spacial score (nSPS) is 10.4. The first kappa shape index (κ1) is 23.9. The van der Waals surface area contributed by atoms with Crippen molar-refractivity contribution in [2.75, 3.05) is 0 Å². The standard InChI is InChI=1S/C24H26N.BrH.Mg/c1-20(2)24-15-9-14-23(16-24)19-25(17-21-10-5-3-6-11-21)18-22-12-7-4-8-13-22;;/h3-15,20H,17-19H2,1-2H3;1H;/q-1;;+2/p-1. The fraction of sp³-hybridized carbons (Fsp3) is 0.250. The molecule has 0 aliphatic rings. The molecule has 0 fully saturated rings. The first-order chi connectivity index (χ1) is 12.2. The Kier molecular flexibility index (Phi) is 10.9. The summed E-state index contributed by atoms with van der Waals surface area (Å²) in [7, 11) is 0. The molecule has 3 heteroatoms. The second-order valence-electron chi connectivity index (χ2n) is 6.90. The molecule has 0 heterocycles. The van der Waals surface area contributed by atoms with E-state index in [1.54, 1.807) is 0 Å². The minimum atomic E-state index is 0. The van der Waals surface area contributed by atoms with E-state index in [0.717, 1.165) is 19.6 Å². The first-order valence-electron chi connectivity index (χ1n) is 9.02. The van der Waals surface area contributed by atoms with Crippen LogP contribution in [0, 0.1) is 6.07 Å². The predicted octanol–water partition coefficient (Wildman–Crippen LogP) is 2.44. The molecule has 3 aromatic carbocycles. The van der Waals surface area contributed by atoms with Crippen LogP contribution in [0.25, 0.3) is 0 Å². The Morgan fingerprint density at radius 3 is 1.70 bits per heavy atom. The Labute approximate surface area is 190 Å². The van der Waals surface area contributed by atoms with Gasteiger partial charge in [-0.3, -0.25) is 4.90 Å². The number of benzene rings is 3. The molecule has 0 saturated heterocycles. The van der Waals surface area contributed by atoms with E-state index in [2.05, 4.69) is 104 Å². The predicted molar refractivity (Wildman–Crippen MR) is 111 cm³/mol. The van der Waals surface area contributed by atoms with Crippen molar-refractivity contribution in [2.24, 2.45) is 0 Å². The molecule has 0 unspecified atom stereocenters. The summed E-state index contributed by atoms with van der Waals surface area (Å²) in [4.78, 5) is 2.49. The van der Waals surface area contributed by atoms with E-state index in [-0.39, 0.29) is 40.0 Å². The molecule has 0 bridgehead atoms. The van der Waals surface area contributed by atoms with Gasteiger partial charge in [0.05, 0.1) is 0 Å². The molecular formula is C24H26BrMgN. The maximum atomic E-state index is 3.60. The second kappa shape index (κ2) is 12.3. The van der Waals surface area contributed by atoms with Crippen LogP contribution in [0.3, 0.4) is 0 Å². The molecule has 0 atom stereocenters. The molecular weight excluding hydrogens is 406 g/mol. The van der Waals surface area contributed by atoms with Gasteiger partial charge in [0.1, 0.15) is 0 Å². The van der Waals surface area contributed by atoms with Gasteiger partial charge in [-0.05, 0) is 17.0 Å². The summed E-state index contributed by atoms with van der Waals surface area (Å²) in [5.41, 5.74) is 5.24. The molecule has 0 aromatic heterocycles. The van der Waals surface area contributed by atoms with Crippen molar-refractivity contribution in [2.45, 2.75) is 39.4 Å². The van der Waals surface area contributed by atoms with Gasteiger partial charge in [0.2, 0.25) is 0 Å². The molecule has 0 saturated carbocycles. The van der Waals surface area contributed by atoms with Crippen LogP contribution in [0.2, 0.25) is 0 Å². The van der Waals surface area contributed by atoms with E-state index in [4.69, 9.17) is 0 Å². The molecule has 0 radical (unpaired) electrons. The Hall–Kier alpha value is -1.13. The molecule has 3 aromatic rings. The Bertz CT molecular complexity index is 733. The molecule has 0 N–H and O–H groups in total. The van der Waals surface area contributed by atoms with Crippen molar-refractivity contribution >= 4 is 23.1 Å². The number of nitrogens with zero attached hydrogens (tertiary/aromatic N) is 1. The summed E-state index contributed by atoms with van der Waals surface area (Å²) in [5.74, 6) is 0.511. The number of hydrogen-bond donors (Lipinski definition) is 0. The van der Waals surface area contributed by atoms with E-state index >= 15 is 0 Å². The van der Waals surface area contributed by atoms with Gasteiger partial charge in [0.15, 0.2) is 0 Å². The first-order valence-corrected chi connectivity index (χ1v) is 9.02. The average Bonchev–Trinajstić information content (AvgIpc) is 2.63. The maximum absolute atomic E-state index is 3.60. The van der Waals surface area contributed by atoms with Gasteiger partial charge < -0.3 is 17.0 Å². The summed E-state index contributed by atoms with van der Waals surface area (Å²) in [6.07, 6.45) is 0. The van der Waals surface area contributed by atoms with Crippen LogP contribution >= 0.6 is 0 Å². The molecule has 1 nitrogen and oxygen atoms in total. The Balaban J connectivity index is 0.00000182. The molecule has 0 spiro atoms. The topological polar surface area (TPSA) is 3.24 Å². The minimum Gasteiger partial charge on any atom is -1.00 e. The van der Waals surface area contributed by atoms with Crippen molar-refractivity contribution < 1.29 is 17.0 Å². The van der Waals surface area contributed by atoms with E-state index in [9.17, 15) is 0 Å².